The number of carbonyl (C=O) groups excluding carboxylic acids is 2. The molecule has 3 heteroatoms. The first-order chi connectivity index (χ1) is 5.38. The van der Waals surface area contributed by atoms with Gasteiger partial charge in [0, 0.05) is 12.4 Å². The van der Waals surface area contributed by atoms with Gasteiger partial charge < -0.3 is 9.59 Å². The van der Waals surface area contributed by atoms with Crippen molar-refractivity contribution in [2.24, 2.45) is 0 Å². The van der Waals surface area contributed by atoms with E-state index in [4.69, 9.17) is 0 Å². The van der Waals surface area contributed by atoms with Crippen LogP contribution in [0.5, 0.6) is 0 Å². The highest BCUT2D eigenvalue weighted by Gasteiger charge is 2.06. The Bertz CT molecular complexity index is 238. The summed E-state index contributed by atoms with van der Waals surface area (Å²) in [6.07, 6.45) is 4.30. The summed E-state index contributed by atoms with van der Waals surface area (Å²) in [5.74, 6) is -0.663. The van der Waals surface area contributed by atoms with Crippen LogP contribution in [0.1, 0.15) is 11.5 Å². The van der Waals surface area contributed by atoms with Crippen molar-refractivity contribution in [1.82, 2.24) is 4.98 Å². The van der Waals surface area contributed by atoms with E-state index < -0.39 is 5.92 Å². The zero-order valence-corrected chi connectivity index (χ0v) is 5.81. The van der Waals surface area contributed by atoms with Gasteiger partial charge in [0.2, 0.25) is 0 Å². The second-order valence-corrected chi connectivity index (χ2v) is 2.08. The molecule has 0 saturated heterocycles. The molecule has 0 spiro atoms. The van der Waals surface area contributed by atoms with Crippen molar-refractivity contribution in [2.45, 2.75) is 5.92 Å². The zero-order chi connectivity index (χ0) is 8.10. The summed E-state index contributed by atoms with van der Waals surface area (Å²) >= 11 is 0. The summed E-state index contributed by atoms with van der Waals surface area (Å²) in [5.41, 5.74) is 0.637. The largest absolute Gasteiger partial charge is 0.302 e. The smallest absolute Gasteiger partial charge is 0.134 e. The Morgan fingerprint density at radius 1 is 1.36 bits per heavy atom. The van der Waals surface area contributed by atoms with E-state index in [2.05, 4.69) is 4.98 Å². The lowest BCUT2D eigenvalue weighted by Crippen LogP contribution is -2.00. The average Bonchev–Trinajstić information content (AvgIpc) is 2.09. The first kappa shape index (κ1) is 7.60. The lowest BCUT2D eigenvalue weighted by Gasteiger charge is -1.98. The van der Waals surface area contributed by atoms with Gasteiger partial charge in [-0.05, 0) is 11.6 Å². The van der Waals surface area contributed by atoms with Crippen LogP contribution in [0.25, 0.3) is 0 Å². The Morgan fingerprint density at radius 3 is 2.55 bits per heavy atom. The molecule has 0 atom stereocenters. The van der Waals surface area contributed by atoms with Crippen molar-refractivity contribution in [3.63, 3.8) is 0 Å². The zero-order valence-electron chi connectivity index (χ0n) is 5.81. The Balaban J connectivity index is 2.90. The van der Waals surface area contributed by atoms with Gasteiger partial charge in [-0.1, -0.05) is 6.07 Å². The fourth-order valence-electron chi connectivity index (χ4n) is 0.762. The highest BCUT2D eigenvalue weighted by Crippen LogP contribution is 2.07. The monoisotopic (exact) mass is 149 g/mol. The normalized spacial score (nSPS) is 9.55. The van der Waals surface area contributed by atoms with Crippen LogP contribution in [0.4, 0.5) is 0 Å². The van der Waals surface area contributed by atoms with E-state index in [-0.39, 0.29) is 0 Å². The van der Waals surface area contributed by atoms with E-state index in [0.717, 1.165) is 0 Å². The molecule has 0 aliphatic rings. The number of hydrogen-bond donors (Lipinski definition) is 0. The number of pyridine rings is 1. The molecule has 0 amide bonds. The molecule has 0 bridgehead atoms. The van der Waals surface area contributed by atoms with Crippen LogP contribution in [0, 0.1) is 0 Å². The minimum absolute atomic E-state index is 0.601. The molecule has 0 aliphatic heterocycles. The summed E-state index contributed by atoms with van der Waals surface area (Å²) in [6.45, 7) is 0. The Kier molecular flexibility index (Phi) is 2.49. The Morgan fingerprint density at radius 2 is 2.09 bits per heavy atom. The Labute approximate surface area is 64.1 Å². The molecule has 1 aromatic heterocycles. The molecular weight excluding hydrogens is 142 g/mol. The lowest BCUT2D eigenvalue weighted by atomic mass is 10.1. The van der Waals surface area contributed by atoms with Crippen LogP contribution >= 0.6 is 0 Å². The van der Waals surface area contributed by atoms with Crippen LogP contribution in [-0.4, -0.2) is 17.6 Å². The molecule has 1 aromatic rings. The maximum atomic E-state index is 10.3. The van der Waals surface area contributed by atoms with Gasteiger partial charge in [-0.25, -0.2) is 0 Å². The molecule has 1 heterocycles. The average molecular weight is 149 g/mol. The molecular formula is C8H7NO2. The van der Waals surface area contributed by atoms with Crippen molar-refractivity contribution in [2.75, 3.05) is 0 Å². The first-order valence-electron chi connectivity index (χ1n) is 3.19. The van der Waals surface area contributed by atoms with Crippen LogP contribution in [0.3, 0.4) is 0 Å². The van der Waals surface area contributed by atoms with Crippen molar-refractivity contribution in [1.29, 1.82) is 0 Å². The summed E-state index contributed by atoms with van der Waals surface area (Å²) in [6, 6.07) is 3.38. The van der Waals surface area contributed by atoms with E-state index in [1.54, 1.807) is 18.3 Å². The molecule has 1 rings (SSSR count). The summed E-state index contributed by atoms with van der Waals surface area (Å²) in [7, 11) is 0. The highest BCUT2D eigenvalue weighted by atomic mass is 16.1. The summed E-state index contributed by atoms with van der Waals surface area (Å²) in [4.78, 5) is 24.3. The van der Waals surface area contributed by atoms with Gasteiger partial charge in [0.15, 0.2) is 0 Å². The molecule has 0 aromatic carbocycles. The SMILES string of the molecule is O=CC(C=O)c1cccnc1. The highest BCUT2D eigenvalue weighted by molar-refractivity contribution is 5.84. The molecule has 0 aliphatic carbocycles. The van der Waals surface area contributed by atoms with Gasteiger partial charge in [0.25, 0.3) is 0 Å². The fourth-order valence-corrected chi connectivity index (χ4v) is 0.762. The lowest BCUT2D eigenvalue weighted by molar-refractivity contribution is -0.116. The number of aromatic nitrogens is 1. The maximum Gasteiger partial charge on any atom is 0.134 e. The summed E-state index contributed by atoms with van der Waals surface area (Å²) < 4.78 is 0. The molecule has 56 valence electrons. The van der Waals surface area contributed by atoms with E-state index >= 15 is 0 Å². The van der Waals surface area contributed by atoms with Crippen LogP contribution in [-0.2, 0) is 9.59 Å². The third-order valence-electron chi connectivity index (χ3n) is 1.36. The van der Waals surface area contributed by atoms with Gasteiger partial charge in [-0.2, -0.15) is 0 Å². The predicted octanol–water partition coefficient (Wildman–Crippen LogP) is 0.563. The quantitative estimate of drug-likeness (QED) is 0.466. The van der Waals surface area contributed by atoms with Crippen molar-refractivity contribution < 1.29 is 9.59 Å². The molecule has 11 heavy (non-hydrogen) atoms. The molecule has 0 unspecified atom stereocenters. The minimum Gasteiger partial charge on any atom is -0.302 e. The van der Waals surface area contributed by atoms with Crippen molar-refractivity contribution >= 4 is 12.6 Å². The first-order valence-corrected chi connectivity index (χ1v) is 3.19. The molecule has 0 N–H and O–H groups in total. The van der Waals surface area contributed by atoms with Crippen molar-refractivity contribution in [3.8, 4) is 0 Å². The molecule has 0 fully saturated rings. The van der Waals surface area contributed by atoms with Gasteiger partial charge in [0.1, 0.15) is 12.6 Å². The number of nitrogens with zero attached hydrogens (tertiary/aromatic N) is 1. The van der Waals surface area contributed by atoms with E-state index in [1.807, 2.05) is 0 Å². The van der Waals surface area contributed by atoms with Crippen LogP contribution in [0.15, 0.2) is 24.5 Å². The van der Waals surface area contributed by atoms with Gasteiger partial charge >= 0.3 is 0 Å². The number of rotatable bonds is 3. The number of carbonyl (C=O) groups is 2. The second kappa shape index (κ2) is 3.61. The van der Waals surface area contributed by atoms with Gasteiger partial charge in [-0.3, -0.25) is 4.98 Å². The fraction of sp³-hybridized carbons (Fsp3) is 0.125. The molecule has 0 radical (unpaired) electrons. The minimum atomic E-state index is -0.663. The number of aldehydes is 2. The molecule has 3 nitrogen and oxygen atoms in total. The Hall–Kier alpha value is -1.51. The second-order valence-electron chi connectivity index (χ2n) is 2.08. The maximum absolute atomic E-state index is 10.3. The van der Waals surface area contributed by atoms with E-state index in [1.165, 1.54) is 6.20 Å². The van der Waals surface area contributed by atoms with Gasteiger partial charge in [0.05, 0.1) is 5.92 Å². The van der Waals surface area contributed by atoms with E-state index in [0.29, 0.717) is 18.1 Å². The third-order valence-corrected chi connectivity index (χ3v) is 1.36. The van der Waals surface area contributed by atoms with Crippen LogP contribution in [0.2, 0.25) is 0 Å². The van der Waals surface area contributed by atoms with Crippen LogP contribution < -0.4 is 0 Å². The third kappa shape index (κ3) is 1.70. The standard InChI is InChI=1S/C8H7NO2/c10-5-8(6-11)7-2-1-3-9-4-7/h1-6,8H. The summed E-state index contributed by atoms with van der Waals surface area (Å²) in [5, 5.41) is 0. The van der Waals surface area contributed by atoms with E-state index in [9.17, 15) is 9.59 Å². The number of hydrogen-bond acceptors (Lipinski definition) is 3. The predicted molar refractivity (Wildman–Crippen MR) is 39.1 cm³/mol. The topological polar surface area (TPSA) is 47.0 Å². The van der Waals surface area contributed by atoms with Gasteiger partial charge in [-0.15, -0.1) is 0 Å². The molecule has 0 saturated carbocycles. The van der Waals surface area contributed by atoms with Crippen molar-refractivity contribution in [3.05, 3.63) is 30.1 Å².